The summed E-state index contributed by atoms with van der Waals surface area (Å²) in [6.45, 7) is 3.34. The minimum absolute atomic E-state index is 0.208. The Hall–Kier alpha value is -2.04. The lowest BCUT2D eigenvalue weighted by Gasteiger charge is -2.12. The van der Waals surface area contributed by atoms with Gasteiger partial charge in [0.1, 0.15) is 23.3 Å². The van der Waals surface area contributed by atoms with Crippen molar-refractivity contribution in [3.05, 3.63) is 46.3 Å². The Balaban J connectivity index is 1.68. The van der Waals surface area contributed by atoms with Crippen molar-refractivity contribution < 1.29 is 8.78 Å². The standard InChI is InChI=1S/C18H19F2N3/c1-9-17(19)13(11-3-4-11)7-15(21-9)23-16-8-14(12-5-6-12)18(20)10(2)22-16/h7-8,11-12H,3-6H2,1-2H3,(H,21,22,23). The number of nitrogens with zero attached hydrogens (tertiary/aromatic N) is 2. The summed E-state index contributed by atoms with van der Waals surface area (Å²) in [6, 6.07) is 3.52. The lowest BCUT2D eigenvalue weighted by Crippen LogP contribution is -2.05. The molecule has 2 fully saturated rings. The summed E-state index contributed by atoms with van der Waals surface area (Å²) in [6.07, 6.45) is 4.11. The second-order valence-electron chi connectivity index (χ2n) is 6.67. The zero-order chi connectivity index (χ0) is 16.1. The first kappa shape index (κ1) is 14.5. The molecular formula is C18H19F2N3. The molecule has 3 nitrogen and oxygen atoms in total. The van der Waals surface area contributed by atoms with E-state index in [0.717, 1.165) is 36.8 Å². The van der Waals surface area contributed by atoms with E-state index in [4.69, 9.17) is 0 Å². The highest BCUT2D eigenvalue weighted by molar-refractivity contribution is 5.56. The van der Waals surface area contributed by atoms with Crippen molar-refractivity contribution in [1.82, 2.24) is 9.97 Å². The summed E-state index contributed by atoms with van der Waals surface area (Å²) in [5.74, 6) is 1.35. The molecule has 0 aromatic carbocycles. The van der Waals surface area contributed by atoms with Crippen molar-refractivity contribution in [2.75, 3.05) is 5.32 Å². The van der Waals surface area contributed by atoms with Gasteiger partial charge in [-0.1, -0.05) is 0 Å². The van der Waals surface area contributed by atoms with Crippen molar-refractivity contribution in [1.29, 1.82) is 0 Å². The van der Waals surface area contributed by atoms with Crippen LogP contribution in [0.3, 0.4) is 0 Å². The maximum absolute atomic E-state index is 14.2. The van der Waals surface area contributed by atoms with Gasteiger partial charge < -0.3 is 5.32 Å². The molecule has 0 spiro atoms. The van der Waals surface area contributed by atoms with Crippen LogP contribution in [0.25, 0.3) is 0 Å². The number of nitrogens with one attached hydrogen (secondary N) is 1. The van der Waals surface area contributed by atoms with Crippen molar-refractivity contribution in [2.45, 2.75) is 51.4 Å². The summed E-state index contributed by atoms with van der Waals surface area (Å²) in [4.78, 5) is 8.52. The van der Waals surface area contributed by atoms with E-state index in [1.807, 2.05) is 0 Å². The molecular weight excluding hydrogens is 296 g/mol. The van der Waals surface area contributed by atoms with Gasteiger partial charge >= 0.3 is 0 Å². The van der Waals surface area contributed by atoms with Crippen molar-refractivity contribution in [3.63, 3.8) is 0 Å². The summed E-state index contributed by atoms with van der Waals surface area (Å²) in [5.41, 5.74) is 2.22. The number of anilines is 2. The molecule has 0 bridgehead atoms. The Morgan fingerprint density at radius 2 is 1.22 bits per heavy atom. The third-order valence-corrected chi connectivity index (χ3v) is 4.59. The van der Waals surface area contributed by atoms with Gasteiger partial charge in [-0.25, -0.2) is 18.7 Å². The highest BCUT2D eigenvalue weighted by Gasteiger charge is 2.29. The lowest BCUT2D eigenvalue weighted by atomic mass is 10.1. The molecule has 0 atom stereocenters. The average molecular weight is 315 g/mol. The largest absolute Gasteiger partial charge is 0.325 e. The first-order valence-corrected chi connectivity index (χ1v) is 8.14. The molecule has 0 radical (unpaired) electrons. The van der Waals surface area contributed by atoms with Crippen LogP contribution < -0.4 is 5.32 Å². The van der Waals surface area contributed by atoms with E-state index >= 15 is 0 Å². The van der Waals surface area contributed by atoms with Crippen molar-refractivity contribution in [2.24, 2.45) is 0 Å². The predicted octanol–water partition coefficient (Wildman–Crippen LogP) is 4.87. The van der Waals surface area contributed by atoms with E-state index < -0.39 is 0 Å². The smallest absolute Gasteiger partial charge is 0.148 e. The quantitative estimate of drug-likeness (QED) is 0.874. The van der Waals surface area contributed by atoms with Crippen molar-refractivity contribution >= 4 is 11.6 Å². The van der Waals surface area contributed by atoms with Crippen LogP contribution in [0.4, 0.5) is 20.4 Å². The van der Waals surface area contributed by atoms with Gasteiger partial charge in [-0.3, -0.25) is 0 Å². The van der Waals surface area contributed by atoms with Crippen LogP contribution in [-0.2, 0) is 0 Å². The Bertz CT molecular complexity index is 715. The normalized spacial score (nSPS) is 17.4. The van der Waals surface area contributed by atoms with E-state index in [-0.39, 0.29) is 11.6 Å². The zero-order valence-electron chi connectivity index (χ0n) is 13.3. The Kier molecular flexibility index (Phi) is 3.32. The number of aryl methyl sites for hydroxylation is 2. The van der Waals surface area contributed by atoms with Crippen molar-refractivity contribution in [3.8, 4) is 0 Å². The van der Waals surface area contributed by atoms with Gasteiger partial charge in [0.05, 0.1) is 11.4 Å². The van der Waals surface area contributed by atoms with E-state index in [1.54, 1.807) is 26.0 Å². The predicted molar refractivity (Wildman–Crippen MR) is 85.1 cm³/mol. The van der Waals surface area contributed by atoms with Crippen LogP contribution in [0, 0.1) is 25.5 Å². The molecule has 0 unspecified atom stereocenters. The Morgan fingerprint density at radius 3 is 1.57 bits per heavy atom. The molecule has 1 N–H and O–H groups in total. The third kappa shape index (κ3) is 2.80. The molecule has 2 saturated carbocycles. The fraction of sp³-hybridized carbons (Fsp3) is 0.444. The summed E-state index contributed by atoms with van der Waals surface area (Å²) < 4.78 is 28.3. The van der Waals surface area contributed by atoms with Gasteiger partial charge in [0, 0.05) is 0 Å². The first-order valence-electron chi connectivity index (χ1n) is 8.14. The maximum atomic E-state index is 14.2. The summed E-state index contributed by atoms with van der Waals surface area (Å²) in [7, 11) is 0. The van der Waals surface area contributed by atoms with Gasteiger partial charge in [0.15, 0.2) is 0 Å². The second-order valence-corrected chi connectivity index (χ2v) is 6.67. The van der Waals surface area contributed by atoms with Crippen LogP contribution in [-0.4, -0.2) is 9.97 Å². The van der Waals surface area contributed by atoms with Gasteiger partial charge in [-0.2, -0.15) is 0 Å². The fourth-order valence-corrected chi connectivity index (χ4v) is 3.01. The minimum atomic E-state index is -0.208. The first-order chi connectivity index (χ1) is 11.0. The molecule has 2 aliphatic rings. The molecule has 2 heterocycles. The number of halogens is 2. The number of hydrogen-bond donors (Lipinski definition) is 1. The van der Waals surface area contributed by atoms with E-state index in [2.05, 4.69) is 15.3 Å². The van der Waals surface area contributed by atoms with Gasteiger partial charge in [-0.15, -0.1) is 0 Å². The van der Waals surface area contributed by atoms with Gasteiger partial charge in [0.25, 0.3) is 0 Å². The van der Waals surface area contributed by atoms with Crippen LogP contribution in [0.2, 0.25) is 0 Å². The molecule has 120 valence electrons. The number of aromatic nitrogens is 2. The van der Waals surface area contributed by atoms with Crippen LogP contribution in [0.1, 0.15) is 60.0 Å². The second kappa shape index (κ2) is 5.25. The zero-order valence-corrected chi connectivity index (χ0v) is 13.3. The molecule has 0 amide bonds. The molecule has 2 aromatic heterocycles. The molecule has 2 aliphatic carbocycles. The van der Waals surface area contributed by atoms with Gasteiger partial charge in [0.2, 0.25) is 0 Å². The SMILES string of the molecule is Cc1nc(Nc2cc(C3CC3)c(F)c(C)n2)cc(C2CC2)c1F. The minimum Gasteiger partial charge on any atom is -0.325 e. The number of pyridine rings is 2. The van der Waals surface area contributed by atoms with Crippen LogP contribution >= 0.6 is 0 Å². The van der Waals surface area contributed by atoms with E-state index in [1.165, 1.54) is 0 Å². The Labute approximate surface area is 134 Å². The lowest BCUT2D eigenvalue weighted by molar-refractivity contribution is 0.592. The van der Waals surface area contributed by atoms with E-state index in [0.29, 0.717) is 34.9 Å². The number of rotatable bonds is 4. The summed E-state index contributed by atoms with van der Waals surface area (Å²) >= 11 is 0. The van der Waals surface area contributed by atoms with Crippen LogP contribution in [0.5, 0.6) is 0 Å². The monoisotopic (exact) mass is 315 g/mol. The van der Waals surface area contributed by atoms with Crippen LogP contribution in [0.15, 0.2) is 12.1 Å². The fourth-order valence-electron chi connectivity index (χ4n) is 3.01. The highest BCUT2D eigenvalue weighted by Crippen LogP contribution is 2.43. The van der Waals surface area contributed by atoms with Gasteiger partial charge in [-0.05, 0) is 74.6 Å². The molecule has 2 aromatic rings. The third-order valence-electron chi connectivity index (χ3n) is 4.59. The highest BCUT2D eigenvalue weighted by atomic mass is 19.1. The Morgan fingerprint density at radius 1 is 0.826 bits per heavy atom. The molecule has 23 heavy (non-hydrogen) atoms. The maximum Gasteiger partial charge on any atom is 0.148 e. The topological polar surface area (TPSA) is 37.8 Å². The summed E-state index contributed by atoms with van der Waals surface area (Å²) in [5, 5.41) is 3.13. The molecule has 4 rings (SSSR count). The molecule has 5 heteroatoms. The number of hydrogen-bond acceptors (Lipinski definition) is 3. The average Bonchev–Trinajstić information content (AvgIpc) is 3.37. The van der Waals surface area contributed by atoms with E-state index in [9.17, 15) is 8.78 Å². The molecule has 0 aliphatic heterocycles. The molecule has 0 saturated heterocycles.